The highest BCUT2D eigenvalue weighted by molar-refractivity contribution is 7.90. The number of hydrogen-bond acceptors (Lipinski definition) is 9. The van der Waals surface area contributed by atoms with Gasteiger partial charge in [-0.15, -0.1) is 14.3 Å². The van der Waals surface area contributed by atoms with Crippen molar-refractivity contribution in [3.05, 3.63) is 65.9 Å². The fourth-order valence-electron chi connectivity index (χ4n) is 3.22. The van der Waals surface area contributed by atoms with E-state index in [1.54, 1.807) is 25.1 Å². The second-order valence-corrected chi connectivity index (χ2v) is 9.13. The van der Waals surface area contributed by atoms with E-state index in [4.69, 9.17) is 0 Å². The van der Waals surface area contributed by atoms with Crippen LogP contribution in [0.1, 0.15) is 11.3 Å². The van der Waals surface area contributed by atoms with Gasteiger partial charge in [0.15, 0.2) is 16.5 Å². The lowest BCUT2D eigenvalue weighted by atomic mass is 10.1. The maximum absolute atomic E-state index is 13.2. The number of nitrogens with one attached hydrogen (secondary N) is 1. The van der Waals surface area contributed by atoms with Crippen molar-refractivity contribution in [1.82, 2.24) is 13.6 Å². The number of nitrogens with zero attached hydrogens (tertiary/aromatic N) is 6. The molecule has 0 aliphatic carbocycles. The average molecular weight is 448 g/mol. The number of anilines is 2. The van der Waals surface area contributed by atoms with Gasteiger partial charge in [0, 0.05) is 5.56 Å². The molecule has 0 radical (unpaired) electrons. The molecular formula is C20H13N7O2S2. The fourth-order valence-corrected chi connectivity index (χ4v) is 5.29. The van der Waals surface area contributed by atoms with Crippen LogP contribution in [0.5, 0.6) is 0 Å². The Morgan fingerprint density at radius 3 is 2.61 bits per heavy atom. The number of fused-ring (bicyclic) bond motifs is 2. The van der Waals surface area contributed by atoms with E-state index in [0.29, 0.717) is 33.2 Å². The zero-order valence-electron chi connectivity index (χ0n) is 16.0. The van der Waals surface area contributed by atoms with E-state index in [0.717, 1.165) is 15.6 Å². The number of nitriles is 1. The van der Waals surface area contributed by atoms with E-state index in [1.165, 1.54) is 6.07 Å². The summed E-state index contributed by atoms with van der Waals surface area (Å²) in [6.07, 6.45) is 0. The van der Waals surface area contributed by atoms with E-state index in [1.807, 2.05) is 30.3 Å². The van der Waals surface area contributed by atoms with Crippen molar-refractivity contribution >= 4 is 43.7 Å². The molecule has 152 valence electrons. The first-order valence-corrected chi connectivity index (χ1v) is 11.3. The number of aromatic nitrogens is 3. The number of benzene rings is 2. The molecule has 2 aromatic heterocycles. The fraction of sp³-hybridized carbons (Fsp3) is 0.0500. The largest absolute Gasteiger partial charge is 0.336 e. The molecule has 0 atom stereocenters. The third kappa shape index (κ3) is 3.00. The molecule has 0 saturated carbocycles. The van der Waals surface area contributed by atoms with Crippen LogP contribution in [0.25, 0.3) is 11.3 Å². The Balaban J connectivity index is 1.74. The summed E-state index contributed by atoms with van der Waals surface area (Å²) in [6.45, 7) is 1.72. The molecule has 4 aromatic rings. The maximum atomic E-state index is 13.2. The van der Waals surface area contributed by atoms with E-state index in [-0.39, 0.29) is 16.4 Å². The summed E-state index contributed by atoms with van der Waals surface area (Å²) in [6, 6.07) is 17.8. The molecule has 0 saturated heterocycles. The summed E-state index contributed by atoms with van der Waals surface area (Å²) in [7, 11) is -3.92. The van der Waals surface area contributed by atoms with Crippen LogP contribution in [0.3, 0.4) is 0 Å². The molecule has 0 spiro atoms. The second kappa shape index (κ2) is 7.12. The first-order chi connectivity index (χ1) is 15.0. The highest BCUT2D eigenvalue weighted by atomic mass is 32.2. The van der Waals surface area contributed by atoms with Crippen molar-refractivity contribution in [2.24, 2.45) is 10.2 Å². The van der Waals surface area contributed by atoms with E-state index in [9.17, 15) is 13.7 Å². The van der Waals surface area contributed by atoms with Gasteiger partial charge in [-0.05, 0) is 30.6 Å². The molecule has 1 aliphatic heterocycles. The van der Waals surface area contributed by atoms with Gasteiger partial charge in [0.05, 0.1) is 11.4 Å². The zero-order chi connectivity index (χ0) is 21.6. The molecule has 11 heteroatoms. The number of para-hydroxylation sites is 1. The van der Waals surface area contributed by atoms with Gasteiger partial charge >= 0.3 is 0 Å². The van der Waals surface area contributed by atoms with Crippen LogP contribution in [0.15, 0.2) is 69.7 Å². The smallest absolute Gasteiger partial charge is 0.287 e. The Bertz CT molecular complexity index is 1500. The predicted octanol–water partition coefficient (Wildman–Crippen LogP) is 4.90. The van der Waals surface area contributed by atoms with Crippen LogP contribution in [0, 0.1) is 18.3 Å². The van der Waals surface area contributed by atoms with Crippen molar-refractivity contribution in [2.75, 3.05) is 5.32 Å². The molecule has 0 unspecified atom stereocenters. The van der Waals surface area contributed by atoms with E-state index >= 15 is 0 Å². The minimum Gasteiger partial charge on any atom is -0.336 e. The van der Waals surface area contributed by atoms with Gasteiger partial charge < -0.3 is 5.32 Å². The molecule has 9 nitrogen and oxygen atoms in total. The average Bonchev–Trinajstić information content (AvgIpc) is 3.33. The van der Waals surface area contributed by atoms with Crippen LogP contribution in [0.4, 0.5) is 22.2 Å². The summed E-state index contributed by atoms with van der Waals surface area (Å²) in [5, 5.41) is 25.7. The molecule has 0 amide bonds. The minimum absolute atomic E-state index is 0.123. The Kier molecular flexibility index (Phi) is 4.39. The first-order valence-electron chi connectivity index (χ1n) is 9.09. The maximum Gasteiger partial charge on any atom is 0.287 e. The lowest BCUT2D eigenvalue weighted by Crippen LogP contribution is -2.22. The Morgan fingerprint density at radius 1 is 1.10 bits per heavy atom. The normalized spacial score (nSPS) is 13.9. The first kappa shape index (κ1) is 19.1. The third-order valence-electron chi connectivity index (χ3n) is 4.72. The van der Waals surface area contributed by atoms with Crippen molar-refractivity contribution < 1.29 is 8.42 Å². The van der Waals surface area contributed by atoms with Crippen LogP contribution < -0.4 is 5.32 Å². The van der Waals surface area contributed by atoms with Gasteiger partial charge in [0.2, 0.25) is 0 Å². The van der Waals surface area contributed by atoms with Crippen molar-refractivity contribution in [3.63, 3.8) is 0 Å². The molecule has 31 heavy (non-hydrogen) atoms. The summed E-state index contributed by atoms with van der Waals surface area (Å²) in [5.41, 5.74) is 2.61. The molecule has 0 bridgehead atoms. The molecule has 3 heterocycles. The Hall–Kier alpha value is -3.88. The van der Waals surface area contributed by atoms with Crippen molar-refractivity contribution in [3.8, 4) is 17.3 Å². The zero-order valence-corrected chi connectivity index (χ0v) is 17.6. The van der Waals surface area contributed by atoms with Crippen LogP contribution in [-0.2, 0) is 10.0 Å². The van der Waals surface area contributed by atoms with E-state index in [2.05, 4.69) is 31.1 Å². The minimum atomic E-state index is -3.92. The quantitative estimate of drug-likeness (QED) is 0.392. The number of rotatable bonds is 3. The molecule has 1 N–H and O–H groups in total. The molecular weight excluding hydrogens is 434 g/mol. The Labute approximate surface area is 181 Å². The Morgan fingerprint density at radius 2 is 1.84 bits per heavy atom. The summed E-state index contributed by atoms with van der Waals surface area (Å²) in [4.78, 5) is 0.123. The van der Waals surface area contributed by atoms with Crippen molar-refractivity contribution in [1.29, 1.82) is 5.26 Å². The predicted molar refractivity (Wildman–Crippen MR) is 116 cm³/mol. The monoisotopic (exact) mass is 447 g/mol. The van der Waals surface area contributed by atoms with Gasteiger partial charge in [-0.1, -0.05) is 42.5 Å². The summed E-state index contributed by atoms with van der Waals surface area (Å²) >= 11 is 1.05. The van der Waals surface area contributed by atoms with Gasteiger partial charge in [-0.25, -0.2) is 0 Å². The topological polar surface area (TPSA) is 125 Å². The van der Waals surface area contributed by atoms with Crippen molar-refractivity contribution in [2.45, 2.75) is 11.8 Å². The van der Waals surface area contributed by atoms with Crippen LogP contribution in [-0.4, -0.2) is 22.0 Å². The number of aryl methyl sites for hydroxylation is 1. The molecule has 1 aliphatic rings. The number of azo groups is 1. The summed E-state index contributed by atoms with van der Waals surface area (Å²) in [5.74, 6) is 0.182. The lowest BCUT2D eigenvalue weighted by Gasteiger charge is -2.19. The lowest BCUT2D eigenvalue weighted by molar-refractivity contribution is 0.580. The molecule has 0 fully saturated rings. The highest BCUT2D eigenvalue weighted by Crippen LogP contribution is 2.44. The SMILES string of the molecule is Cc1nsc(N=Nc2c(-c3ccccc3)nn3c2Nc2ccccc2S3(=O)=O)c1C#N. The standard InChI is InChI=1S/C20H13N7O2S2/c1-12-14(11-21)20(30-26-12)24-23-18-17(13-7-3-2-4-8-13)25-27-19(18)22-15-9-5-6-10-16(15)31(27,28)29/h2-10,22H,1H3. The van der Waals surface area contributed by atoms with Gasteiger partial charge in [-0.2, -0.15) is 23.2 Å². The third-order valence-corrected chi connectivity index (χ3v) is 7.18. The molecule has 2 aromatic carbocycles. The molecule has 5 rings (SSSR count). The van der Waals surface area contributed by atoms with Gasteiger partial charge in [0.25, 0.3) is 10.0 Å². The summed E-state index contributed by atoms with van der Waals surface area (Å²) < 4.78 is 31.5. The van der Waals surface area contributed by atoms with Gasteiger partial charge in [0.1, 0.15) is 22.2 Å². The second-order valence-electron chi connectivity index (χ2n) is 6.64. The van der Waals surface area contributed by atoms with Crippen LogP contribution in [0.2, 0.25) is 0 Å². The van der Waals surface area contributed by atoms with Crippen LogP contribution >= 0.6 is 11.5 Å². The highest BCUT2D eigenvalue weighted by Gasteiger charge is 2.34. The van der Waals surface area contributed by atoms with E-state index < -0.39 is 10.0 Å². The number of hydrogen-bond donors (Lipinski definition) is 1. The van der Waals surface area contributed by atoms with Gasteiger partial charge in [-0.3, -0.25) is 0 Å².